The second-order valence-corrected chi connectivity index (χ2v) is 7.02. The molecule has 0 saturated heterocycles. The topological polar surface area (TPSA) is 20.3 Å². The second kappa shape index (κ2) is 6.54. The van der Waals surface area contributed by atoms with Crippen molar-refractivity contribution >= 4 is 17.7 Å². The summed E-state index contributed by atoms with van der Waals surface area (Å²) >= 11 is 1.75. The fraction of sp³-hybridized carbons (Fsp3) is 0.0952. The van der Waals surface area contributed by atoms with Crippen molar-refractivity contribution in [2.45, 2.75) is 22.9 Å². The van der Waals surface area contributed by atoms with Gasteiger partial charge in [0.1, 0.15) is 0 Å². The number of carbonyl (C=O) groups is 1. The molecule has 0 N–H and O–H groups in total. The van der Waals surface area contributed by atoms with Gasteiger partial charge in [0, 0.05) is 28.4 Å². The average molecular weight is 331 g/mol. The van der Waals surface area contributed by atoms with Gasteiger partial charge >= 0.3 is 0 Å². The number of nitrogens with zero attached hydrogens (tertiary/aromatic N) is 1. The van der Waals surface area contributed by atoms with Crippen molar-refractivity contribution in [3.8, 4) is 0 Å². The van der Waals surface area contributed by atoms with Crippen LogP contribution < -0.4 is 0 Å². The zero-order valence-electron chi connectivity index (χ0n) is 13.2. The fourth-order valence-electron chi connectivity index (χ4n) is 2.95. The predicted molar refractivity (Wildman–Crippen MR) is 97.0 cm³/mol. The van der Waals surface area contributed by atoms with Crippen molar-refractivity contribution in [1.82, 2.24) is 4.90 Å². The minimum absolute atomic E-state index is 0.133. The summed E-state index contributed by atoms with van der Waals surface area (Å²) in [5, 5.41) is 0. The molecule has 24 heavy (non-hydrogen) atoms. The molecular formula is C21H17NOS. The van der Waals surface area contributed by atoms with Gasteiger partial charge in [0.05, 0.1) is 0 Å². The normalized spacial score (nSPS) is 13.2. The maximum absolute atomic E-state index is 12.4. The average Bonchev–Trinajstić information content (AvgIpc) is 2.94. The Balaban J connectivity index is 1.44. The highest BCUT2D eigenvalue weighted by atomic mass is 32.2. The summed E-state index contributed by atoms with van der Waals surface area (Å²) in [6, 6.07) is 26.7. The van der Waals surface area contributed by atoms with Crippen LogP contribution in [0.4, 0.5) is 0 Å². The highest BCUT2D eigenvalue weighted by Gasteiger charge is 2.26. The number of hydrogen-bond acceptors (Lipinski definition) is 2. The summed E-state index contributed by atoms with van der Waals surface area (Å²) in [6.45, 7) is 1.36. The molecule has 2 nitrogen and oxygen atoms in total. The van der Waals surface area contributed by atoms with Crippen molar-refractivity contribution in [1.29, 1.82) is 0 Å². The van der Waals surface area contributed by atoms with E-state index in [4.69, 9.17) is 0 Å². The van der Waals surface area contributed by atoms with Gasteiger partial charge in [0.2, 0.25) is 0 Å². The van der Waals surface area contributed by atoms with E-state index >= 15 is 0 Å². The summed E-state index contributed by atoms with van der Waals surface area (Å²) < 4.78 is 0. The van der Waals surface area contributed by atoms with Crippen LogP contribution in [0.5, 0.6) is 0 Å². The van der Waals surface area contributed by atoms with Crippen LogP contribution >= 0.6 is 11.8 Å². The summed E-state index contributed by atoms with van der Waals surface area (Å²) in [7, 11) is 0. The lowest BCUT2D eigenvalue weighted by Crippen LogP contribution is -2.23. The SMILES string of the molecule is O=C1c2ccccc2CN1Cc1ccc(Sc2ccccc2)cc1. The zero-order valence-corrected chi connectivity index (χ0v) is 14.0. The third-order valence-electron chi connectivity index (χ3n) is 4.17. The van der Waals surface area contributed by atoms with E-state index in [0.29, 0.717) is 13.1 Å². The van der Waals surface area contributed by atoms with E-state index in [0.717, 1.165) is 16.7 Å². The van der Waals surface area contributed by atoms with Crippen LogP contribution in [0.3, 0.4) is 0 Å². The van der Waals surface area contributed by atoms with Gasteiger partial charge in [-0.15, -0.1) is 0 Å². The van der Waals surface area contributed by atoms with Gasteiger partial charge in [-0.05, 0) is 41.5 Å². The summed E-state index contributed by atoms with van der Waals surface area (Å²) in [5.41, 5.74) is 3.13. The Morgan fingerprint density at radius 1 is 0.792 bits per heavy atom. The first-order valence-electron chi connectivity index (χ1n) is 7.98. The van der Waals surface area contributed by atoms with Crippen LogP contribution in [-0.4, -0.2) is 10.8 Å². The smallest absolute Gasteiger partial charge is 0.254 e. The van der Waals surface area contributed by atoms with Crippen LogP contribution in [0.2, 0.25) is 0 Å². The van der Waals surface area contributed by atoms with Gasteiger partial charge < -0.3 is 4.90 Å². The molecule has 0 aromatic heterocycles. The van der Waals surface area contributed by atoms with E-state index in [1.807, 2.05) is 47.4 Å². The van der Waals surface area contributed by atoms with Gasteiger partial charge in [-0.1, -0.05) is 60.3 Å². The maximum Gasteiger partial charge on any atom is 0.254 e. The van der Waals surface area contributed by atoms with E-state index in [-0.39, 0.29) is 5.91 Å². The first-order chi connectivity index (χ1) is 11.8. The number of amides is 1. The lowest BCUT2D eigenvalue weighted by Gasteiger charge is -2.15. The standard InChI is InChI=1S/C21H17NOS/c23-21-20-9-5-4-6-17(20)15-22(21)14-16-10-12-19(13-11-16)24-18-7-2-1-3-8-18/h1-13H,14-15H2. The third-order valence-corrected chi connectivity index (χ3v) is 5.19. The Morgan fingerprint density at radius 2 is 1.46 bits per heavy atom. The number of benzene rings is 3. The lowest BCUT2D eigenvalue weighted by molar-refractivity contribution is 0.0766. The van der Waals surface area contributed by atoms with Crippen molar-refractivity contribution in [2.24, 2.45) is 0 Å². The van der Waals surface area contributed by atoms with Crippen molar-refractivity contribution in [2.75, 3.05) is 0 Å². The molecule has 0 fully saturated rings. The van der Waals surface area contributed by atoms with Crippen molar-refractivity contribution in [3.63, 3.8) is 0 Å². The van der Waals surface area contributed by atoms with E-state index in [9.17, 15) is 4.79 Å². The van der Waals surface area contributed by atoms with E-state index in [1.165, 1.54) is 9.79 Å². The number of hydrogen-bond donors (Lipinski definition) is 0. The Morgan fingerprint density at radius 3 is 2.21 bits per heavy atom. The molecule has 1 heterocycles. The second-order valence-electron chi connectivity index (χ2n) is 5.88. The first kappa shape index (κ1) is 15.0. The molecule has 3 aromatic carbocycles. The van der Waals surface area contributed by atoms with Crippen LogP contribution in [0.25, 0.3) is 0 Å². The molecule has 0 unspecified atom stereocenters. The molecule has 4 rings (SSSR count). The molecule has 1 aliphatic heterocycles. The van der Waals surface area contributed by atoms with Gasteiger partial charge in [-0.3, -0.25) is 4.79 Å². The summed E-state index contributed by atoms with van der Waals surface area (Å²) in [5.74, 6) is 0.133. The maximum atomic E-state index is 12.4. The molecule has 1 aliphatic rings. The zero-order chi connectivity index (χ0) is 16.4. The van der Waals surface area contributed by atoms with Gasteiger partial charge in [-0.25, -0.2) is 0 Å². The Labute approximate surface area is 146 Å². The molecule has 0 spiro atoms. The molecule has 0 saturated carbocycles. The highest BCUT2D eigenvalue weighted by molar-refractivity contribution is 7.99. The highest BCUT2D eigenvalue weighted by Crippen LogP contribution is 2.28. The van der Waals surface area contributed by atoms with Crippen molar-refractivity contribution < 1.29 is 4.79 Å². The fourth-order valence-corrected chi connectivity index (χ4v) is 3.79. The van der Waals surface area contributed by atoms with Gasteiger partial charge in [0.25, 0.3) is 5.91 Å². The van der Waals surface area contributed by atoms with Crippen LogP contribution in [-0.2, 0) is 13.1 Å². The van der Waals surface area contributed by atoms with Gasteiger partial charge in [-0.2, -0.15) is 0 Å². The largest absolute Gasteiger partial charge is 0.330 e. The van der Waals surface area contributed by atoms with Crippen LogP contribution in [0.15, 0.2) is 88.7 Å². The molecule has 118 valence electrons. The summed E-state index contributed by atoms with van der Waals surface area (Å²) in [4.78, 5) is 16.8. The van der Waals surface area contributed by atoms with Crippen LogP contribution in [0, 0.1) is 0 Å². The quantitative estimate of drug-likeness (QED) is 0.671. The monoisotopic (exact) mass is 331 g/mol. The Bertz CT molecular complexity index is 859. The summed E-state index contributed by atoms with van der Waals surface area (Å²) in [6.07, 6.45) is 0. The minimum atomic E-state index is 0.133. The predicted octanol–water partition coefficient (Wildman–Crippen LogP) is 4.99. The van der Waals surface area contributed by atoms with E-state index in [2.05, 4.69) is 36.4 Å². The van der Waals surface area contributed by atoms with Gasteiger partial charge in [0.15, 0.2) is 0 Å². The molecule has 3 aromatic rings. The van der Waals surface area contributed by atoms with E-state index < -0.39 is 0 Å². The van der Waals surface area contributed by atoms with Crippen LogP contribution in [0.1, 0.15) is 21.5 Å². The van der Waals surface area contributed by atoms with Crippen molar-refractivity contribution in [3.05, 3.63) is 95.6 Å². The molecule has 0 radical (unpaired) electrons. The number of rotatable bonds is 4. The lowest BCUT2D eigenvalue weighted by atomic mass is 10.1. The molecule has 1 amide bonds. The molecule has 0 atom stereocenters. The molecule has 0 bridgehead atoms. The molecule has 0 aliphatic carbocycles. The molecular weight excluding hydrogens is 314 g/mol. The Hall–Kier alpha value is -2.52. The molecule has 3 heteroatoms. The first-order valence-corrected chi connectivity index (χ1v) is 8.80. The third kappa shape index (κ3) is 3.08. The minimum Gasteiger partial charge on any atom is -0.330 e. The number of carbonyl (C=O) groups excluding carboxylic acids is 1. The number of fused-ring (bicyclic) bond motifs is 1. The Kier molecular flexibility index (Phi) is 4.09. The van der Waals surface area contributed by atoms with E-state index in [1.54, 1.807) is 11.8 Å².